The molecule has 1 aromatic rings. The van der Waals surface area contributed by atoms with E-state index in [1.54, 1.807) is 0 Å². The van der Waals surface area contributed by atoms with Gasteiger partial charge in [0.2, 0.25) is 0 Å². The number of benzene rings is 1. The van der Waals surface area contributed by atoms with Crippen molar-refractivity contribution < 1.29 is 0 Å². The second-order valence-electron chi connectivity index (χ2n) is 5.24. The lowest BCUT2D eigenvalue weighted by Crippen LogP contribution is -2.46. The fraction of sp³-hybridized carbons (Fsp3) is 0.600. The van der Waals surface area contributed by atoms with Gasteiger partial charge in [0, 0.05) is 40.6 Å². The summed E-state index contributed by atoms with van der Waals surface area (Å²) in [6.45, 7) is 6.77. The van der Waals surface area contributed by atoms with Crippen molar-refractivity contribution in [1.29, 1.82) is 0 Å². The second kappa shape index (κ2) is 7.11. The molecule has 0 amide bonds. The van der Waals surface area contributed by atoms with E-state index in [2.05, 4.69) is 70.7 Å². The smallest absolute Gasteiger partial charge is 0.0499 e. The minimum atomic E-state index is 0.205. The number of nitrogens with two attached hydrogens (primary N) is 1. The van der Waals surface area contributed by atoms with Crippen molar-refractivity contribution in [2.75, 3.05) is 18.8 Å². The van der Waals surface area contributed by atoms with Crippen LogP contribution in [0.3, 0.4) is 0 Å². The molecule has 0 radical (unpaired) electrons. The van der Waals surface area contributed by atoms with E-state index >= 15 is 0 Å². The van der Waals surface area contributed by atoms with Gasteiger partial charge in [0.25, 0.3) is 0 Å². The molecule has 106 valence electrons. The van der Waals surface area contributed by atoms with Crippen molar-refractivity contribution in [3.05, 3.63) is 34.3 Å². The van der Waals surface area contributed by atoms with Crippen LogP contribution in [0, 0.1) is 0 Å². The van der Waals surface area contributed by atoms with Crippen molar-refractivity contribution in [3.63, 3.8) is 0 Å². The lowest BCUT2D eigenvalue weighted by atomic mass is 9.96. The molecule has 4 heteroatoms. The minimum Gasteiger partial charge on any atom is -0.326 e. The standard InChI is InChI=1S/C15H23BrN2S/c1-3-14(17)15(12-4-6-13(16)7-5-12)18-8-9-19-11(2)10-18/h4-7,11,14-15H,3,8-10,17H2,1-2H3. The van der Waals surface area contributed by atoms with Crippen LogP contribution in [0.2, 0.25) is 0 Å². The van der Waals surface area contributed by atoms with E-state index in [0.717, 1.165) is 24.0 Å². The zero-order chi connectivity index (χ0) is 13.8. The first-order valence-corrected chi connectivity index (χ1v) is 8.82. The largest absolute Gasteiger partial charge is 0.326 e. The Bertz CT molecular complexity index is 396. The molecule has 0 aliphatic carbocycles. The molecule has 2 N–H and O–H groups in total. The third-order valence-corrected chi connectivity index (χ3v) is 5.42. The molecule has 1 aromatic carbocycles. The number of halogens is 1. The quantitative estimate of drug-likeness (QED) is 0.905. The van der Waals surface area contributed by atoms with Gasteiger partial charge in [-0.05, 0) is 24.1 Å². The lowest BCUT2D eigenvalue weighted by Gasteiger charge is -2.40. The van der Waals surface area contributed by atoms with Crippen LogP contribution in [-0.4, -0.2) is 35.0 Å². The molecule has 0 spiro atoms. The third kappa shape index (κ3) is 3.97. The molecule has 3 atom stereocenters. The van der Waals surface area contributed by atoms with Crippen molar-refractivity contribution in [2.45, 2.75) is 37.6 Å². The fourth-order valence-corrected chi connectivity index (χ4v) is 4.01. The van der Waals surface area contributed by atoms with Crippen LogP contribution in [-0.2, 0) is 0 Å². The molecule has 1 heterocycles. The molecule has 19 heavy (non-hydrogen) atoms. The summed E-state index contributed by atoms with van der Waals surface area (Å²) in [5.74, 6) is 1.21. The zero-order valence-electron chi connectivity index (χ0n) is 11.7. The highest BCUT2D eigenvalue weighted by atomic mass is 79.9. The summed E-state index contributed by atoms with van der Waals surface area (Å²) in [6, 6.07) is 9.20. The summed E-state index contributed by atoms with van der Waals surface area (Å²) in [6.07, 6.45) is 1.01. The molecule has 2 rings (SSSR count). The number of nitrogens with zero attached hydrogens (tertiary/aromatic N) is 1. The summed E-state index contributed by atoms with van der Waals surface area (Å²) in [7, 11) is 0. The number of hydrogen-bond acceptors (Lipinski definition) is 3. The predicted octanol–water partition coefficient (Wildman–Crippen LogP) is 3.66. The lowest BCUT2D eigenvalue weighted by molar-refractivity contribution is 0.177. The summed E-state index contributed by atoms with van der Waals surface area (Å²) in [4.78, 5) is 2.57. The average molecular weight is 343 g/mol. The Labute approximate surface area is 129 Å². The Hall–Kier alpha value is -0.0300. The molecule has 1 aliphatic heterocycles. The summed E-state index contributed by atoms with van der Waals surface area (Å²) < 4.78 is 1.13. The molecule has 0 bridgehead atoms. The molecule has 2 nitrogen and oxygen atoms in total. The number of hydrogen-bond donors (Lipinski definition) is 1. The van der Waals surface area contributed by atoms with Gasteiger partial charge in [-0.1, -0.05) is 41.9 Å². The highest BCUT2D eigenvalue weighted by Crippen LogP contribution is 2.30. The van der Waals surface area contributed by atoms with E-state index in [1.165, 1.54) is 11.3 Å². The molecule has 1 aliphatic rings. The van der Waals surface area contributed by atoms with Gasteiger partial charge >= 0.3 is 0 Å². The second-order valence-corrected chi connectivity index (χ2v) is 7.71. The number of thioether (sulfide) groups is 1. The summed E-state index contributed by atoms with van der Waals surface area (Å²) >= 11 is 5.57. The van der Waals surface area contributed by atoms with Gasteiger partial charge in [0.15, 0.2) is 0 Å². The van der Waals surface area contributed by atoms with Crippen LogP contribution >= 0.6 is 27.7 Å². The molecule has 1 saturated heterocycles. The Balaban J connectivity index is 2.22. The van der Waals surface area contributed by atoms with Gasteiger partial charge in [-0.25, -0.2) is 0 Å². The Morgan fingerprint density at radius 1 is 1.42 bits per heavy atom. The van der Waals surface area contributed by atoms with Crippen molar-refractivity contribution in [3.8, 4) is 0 Å². The molecular formula is C15H23BrN2S. The first-order valence-electron chi connectivity index (χ1n) is 6.98. The minimum absolute atomic E-state index is 0.205. The van der Waals surface area contributed by atoms with Crippen molar-refractivity contribution >= 4 is 27.7 Å². The van der Waals surface area contributed by atoms with Crippen LogP contribution in [0.5, 0.6) is 0 Å². The van der Waals surface area contributed by atoms with Crippen molar-refractivity contribution in [1.82, 2.24) is 4.90 Å². The van der Waals surface area contributed by atoms with Crippen LogP contribution in [0.4, 0.5) is 0 Å². The third-order valence-electron chi connectivity index (χ3n) is 3.75. The molecule has 0 saturated carbocycles. The summed E-state index contributed by atoms with van der Waals surface area (Å²) in [5.41, 5.74) is 7.75. The predicted molar refractivity (Wildman–Crippen MR) is 88.6 cm³/mol. The van der Waals surface area contributed by atoms with Gasteiger partial charge in [-0.2, -0.15) is 11.8 Å². The maximum atomic E-state index is 6.40. The van der Waals surface area contributed by atoms with E-state index in [-0.39, 0.29) is 6.04 Å². The maximum absolute atomic E-state index is 6.40. The Kier molecular flexibility index (Phi) is 5.75. The monoisotopic (exact) mass is 342 g/mol. The van der Waals surface area contributed by atoms with E-state index in [4.69, 9.17) is 5.73 Å². The van der Waals surface area contributed by atoms with E-state index in [9.17, 15) is 0 Å². The zero-order valence-corrected chi connectivity index (χ0v) is 14.1. The Morgan fingerprint density at radius 3 is 2.68 bits per heavy atom. The van der Waals surface area contributed by atoms with E-state index in [0.29, 0.717) is 11.3 Å². The first kappa shape index (κ1) is 15.4. The van der Waals surface area contributed by atoms with E-state index < -0.39 is 0 Å². The normalized spacial score (nSPS) is 24.1. The molecular weight excluding hydrogens is 320 g/mol. The maximum Gasteiger partial charge on any atom is 0.0499 e. The van der Waals surface area contributed by atoms with Gasteiger partial charge in [0.05, 0.1) is 0 Å². The van der Waals surface area contributed by atoms with E-state index in [1.807, 2.05) is 0 Å². The molecule has 0 aromatic heterocycles. The highest BCUT2D eigenvalue weighted by Gasteiger charge is 2.29. The van der Waals surface area contributed by atoms with Crippen LogP contribution < -0.4 is 5.73 Å². The highest BCUT2D eigenvalue weighted by molar-refractivity contribution is 9.10. The van der Waals surface area contributed by atoms with Crippen LogP contribution in [0.1, 0.15) is 31.9 Å². The van der Waals surface area contributed by atoms with Crippen molar-refractivity contribution in [2.24, 2.45) is 5.73 Å². The topological polar surface area (TPSA) is 29.3 Å². The van der Waals surface area contributed by atoms with Crippen LogP contribution in [0.25, 0.3) is 0 Å². The summed E-state index contributed by atoms with van der Waals surface area (Å²) in [5, 5.41) is 0.704. The Morgan fingerprint density at radius 2 is 2.11 bits per heavy atom. The average Bonchev–Trinajstić information content (AvgIpc) is 2.41. The fourth-order valence-electron chi connectivity index (χ4n) is 2.71. The van der Waals surface area contributed by atoms with Gasteiger partial charge in [-0.3, -0.25) is 4.90 Å². The SMILES string of the molecule is CCC(N)C(c1ccc(Br)cc1)N1CCSC(C)C1. The van der Waals surface area contributed by atoms with Gasteiger partial charge in [-0.15, -0.1) is 0 Å². The molecule has 3 unspecified atom stereocenters. The first-order chi connectivity index (χ1) is 9.11. The molecule has 1 fully saturated rings. The van der Waals surface area contributed by atoms with Gasteiger partial charge < -0.3 is 5.73 Å². The van der Waals surface area contributed by atoms with Crippen LogP contribution in [0.15, 0.2) is 28.7 Å². The number of rotatable bonds is 4. The van der Waals surface area contributed by atoms with Gasteiger partial charge in [0.1, 0.15) is 0 Å².